The number of nitrogens with one attached hydrogen (secondary N) is 1. The molecular formula is C9H22N4O. The highest BCUT2D eigenvalue weighted by Gasteiger charge is 2.02. The first-order chi connectivity index (χ1) is 6.56. The normalized spacial score (nSPS) is 11.0. The maximum Gasteiger partial charge on any atom is 0.235 e. The Kier molecular flexibility index (Phi) is 7.37. The van der Waals surface area contributed by atoms with Crippen molar-refractivity contribution in [2.24, 2.45) is 5.84 Å². The molecule has 0 radical (unpaired) electrons. The van der Waals surface area contributed by atoms with E-state index in [9.17, 15) is 4.79 Å². The van der Waals surface area contributed by atoms with Gasteiger partial charge in [-0.3, -0.25) is 10.2 Å². The lowest BCUT2D eigenvalue weighted by Gasteiger charge is -2.17. The van der Waals surface area contributed by atoms with Crippen molar-refractivity contribution in [3.05, 3.63) is 0 Å². The molecule has 0 rings (SSSR count). The van der Waals surface area contributed by atoms with E-state index in [1.807, 2.05) is 7.05 Å². The highest BCUT2D eigenvalue weighted by atomic mass is 16.2. The first-order valence-corrected chi connectivity index (χ1v) is 4.89. The van der Waals surface area contributed by atoms with Crippen molar-refractivity contribution in [3.63, 3.8) is 0 Å². The smallest absolute Gasteiger partial charge is 0.235 e. The Hall–Kier alpha value is -0.650. The van der Waals surface area contributed by atoms with Gasteiger partial charge >= 0.3 is 0 Å². The van der Waals surface area contributed by atoms with E-state index < -0.39 is 0 Å². The topological polar surface area (TPSA) is 61.6 Å². The molecule has 0 aliphatic carbocycles. The molecule has 1 amide bonds. The van der Waals surface area contributed by atoms with Gasteiger partial charge < -0.3 is 9.80 Å². The van der Waals surface area contributed by atoms with Crippen LogP contribution in [0.15, 0.2) is 0 Å². The van der Waals surface area contributed by atoms with Gasteiger partial charge in [0.05, 0.1) is 0 Å². The highest BCUT2D eigenvalue weighted by molar-refractivity contribution is 5.75. The van der Waals surface area contributed by atoms with Gasteiger partial charge in [0.1, 0.15) is 0 Å². The Labute approximate surface area is 86.2 Å². The zero-order chi connectivity index (χ0) is 11.0. The van der Waals surface area contributed by atoms with Crippen molar-refractivity contribution in [2.75, 3.05) is 40.8 Å². The van der Waals surface area contributed by atoms with Crippen LogP contribution in [0.2, 0.25) is 0 Å². The first kappa shape index (κ1) is 13.4. The summed E-state index contributed by atoms with van der Waals surface area (Å²) in [6.07, 6.45) is 1.59. The van der Waals surface area contributed by atoms with E-state index in [1.165, 1.54) is 0 Å². The summed E-state index contributed by atoms with van der Waals surface area (Å²) in [5, 5.41) is 0. The Morgan fingerprint density at radius 2 is 1.86 bits per heavy atom. The van der Waals surface area contributed by atoms with Gasteiger partial charge in [0, 0.05) is 13.0 Å². The number of hydrazine groups is 1. The molecule has 0 spiro atoms. The molecule has 0 atom stereocenters. The second kappa shape index (κ2) is 7.73. The molecule has 0 heterocycles. The van der Waals surface area contributed by atoms with Gasteiger partial charge in [0.25, 0.3) is 0 Å². The molecule has 5 heteroatoms. The lowest BCUT2D eigenvalue weighted by atomic mass is 10.3. The zero-order valence-electron chi connectivity index (χ0n) is 9.42. The predicted octanol–water partition coefficient (Wildman–Crippen LogP) is -0.750. The van der Waals surface area contributed by atoms with Crippen LogP contribution < -0.4 is 11.3 Å². The number of nitrogens with two attached hydrogens (primary N) is 1. The fraction of sp³-hybridized carbons (Fsp3) is 0.889. The summed E-state index contributed by atoms with van der Waals surface area (Å²) in [5.74, 6) is 4.87. The molecule has 3 N–H and O–H groups in total. The van der Waals surface area contributed by atoms with Crippen molar-refractivity contribution in [3.8, 4) is 0 Å². The monoisotopic (exact) mass is 202 g/mol. The molecule has 84 valence electrons. The SMILES string of the molecule is CN(C)CCCN(C)CCC(=O)NN. The lowest BCUT2D eigenvalue weighted by Crippen LogP contribution is -2.33. The van der Waals surface area contributed by atoms with Crippen LogP contribution in [0.1, 0.15) is 12.8 Å². The molecule has 0 aromatic carbocycles. The number of carbonyl (C=O) groups excluding carboxylic acids is 1. The molecule has 0 unspecified atom stereocenters. The van der Waals surface area contributed by atoms with Crippen LogP contribution in [0.4, 0.5) is 0 Å². The van der Waals surface area contributed by atoms with Crippen LogP contribution in [-0.4, -0.2) is 56.5 Å². The quantitative estimate of drug-likeness (QED) is 0.324. The number of hydrogen-bond acceptors (Lipinski definition) is 4. The molecular weight excluding hydrogens is 180 g/mol. The molecule has 0 aliphatic rings. The number of hydrogen-bond donors (Lipinski definition) is 2. The third-order valence-electron chi connectivity index (χ3n) is 2.03. The van der Waals surface area contributed by atoms with Crippen LogP contribution >= 0.6 is 0 Å². The van der Waals surface area contributed by atoms with E-state index >= 15 is 0 Å². The molecule has 14 heavy (non-hydrogen) atoms. The van der Waals surface area contributed by atoms with Crippen molar-refractivity contribution < 1.29 is 4.79 Å². The number of amides is 1. The van der Waals surface area contributed by atoms with Crippen molar-refractivity contribution in [1.29, 1.82) is 0 Å². The molecule has 0 saturated heterocycles. The molecule has 0 aromatic heterocycles. The molecule has 0 aliphatic heterocycles. The third kappa shape index (κ3) is 7.97. The van der Waals surface area contributed by atoms with Crippen molar-refractivity contribution in [2.45, 2.75) is 12.8 Å². The van der Waals surface area contributed by atoms with E-state index in [0.717, 1.165) is 26.1 Å². The second-order valence-electron chi connectivity index (χ2n) is 3.78. The van der Waals surface area contributed by atoms with Gasteiger partial charge in [-0.25, -0.2) is 5.84 Å². The van der Waals surface area contributed by atoms with Crippen molar-refractivity contribution in [1.82, 2.24) is 15.2 Å². The molecule has 5 nitrogen and oxygen atoms in total. The Bertz CT molecular complexity index is 161. The minimum Gasteiger partial charge on any atom is -0.309 e. The minimum atomic E-state index is -0.107. The van der Waals surface area contributed by atoms with Crippen LogP contribution in [-0.2, 0) is 4.79 Å². The van der Waals surface area contributed by atoms with E-state index in [2.05, 4.69) is 29.3 Å². The standard InChI is InChI=1S/C9H22N4O/c1-12(2)6-4-7-13(3)8-5-9(14)11-10/h4-8,10H2,1-3H3,(H,11,14). The summed E-state index contributed by atoms with van der Waals surface area (Å²) in [6, 6.07) is 0. The van der Waals surface area contributed by atoms with E-state index in [-0.39, 0.29) is 5.91 Å². The number of rotatable bonds is 7. The van der Waals surface area contributed by atoms with Crippen LogP contribution in [0.25, 0.3) is 0 Å². The maximum atomic E-state index is 10.8. The summed E-state index contributed by atoms with van der Waals surface area (Å²) in [6.45, 7) is 2.85. The van der Waals surface area contributed by atoms with Crippen LogP contribution in [0.3, 0.4) is 0 Å². The predicted molar refractivity (Wildman–Crippen MR) is 57.6 cm³/mol. The summed E-state index contributed by atoms with van der Waals surface area (Å²) >= 11 is 0. The number of carbonyl (C=O) groups is 1. The largest absolute Gasteiger partial charge is 0.309 e. The molecule has 0 fully saturated rings. The Morgan fingerprint density at radius 3 is 2.36 bits per heavy atom. The highest BCUT2D eigenvalue weighted by Crippen LogP contribution is 1.91. The van der Waals surface area contributed by atoms with Gasteiger partial charge in [-0.1, -0.05) is 0 Å². The maximum absolute atomic E-state index is 10.8. The Balaban J connectivity index is 3.36. The minimum absolute atomic E-state index is 0.107. The van der Waals surface area contributed by atoms with Gasteiger partial charge in [-0.15, -0.1) is 0 Å². The van der Waals surface area contributed by atoms with Crippen LogP contribution in [0.5, 0.6) is 0 Å². The molecule has 0 bridgehead atoms. The second-order valence-corrected chi connectivity index (χ2v) is 3.78. The fourth-order valence-electron chi connectivity index (χ4n) is 1.13. The lowest BCUT2D eigenvalue weighted by molar-refractivity contribution is -0.121. The molecule has 0 saturated carbocycles. The fourth-order valence-corrected chi connectivity index (χ4v) is 1.13. The van der Waals surface area contributed by atoms with Gasteiger partial charge in [0.15, 0.2) is 0 Å². The average Bonchev–Trinajstić information content (AvgIpc) is 2.13. The zero-order valence-corrected chi connectivity index (χ0v) is 9.42. The van der Waals surface area contributed by atoms with Gasteiger partial charge in [-0.2, -0.15) is 0 Å². The summed E-state index contributed by atoms with van der Waals surface area (Å²) in [7, 11) is 6.13. The van der Waals surface area contributed by atoms with E-state index in [1.54, 1.807) is 0 Å². The number of nitrogens with zero attached hydrogens (tertiary/aromatic N) is 2. The molecule has 0 aromatic rings. The van der Waals surface area contributed by atoms with Crippen LogP contribution in [0, 0.1) is 0 Å². The summed E-state index contributed by atoms with van der Waals surface area (Å²) in [4.78, 5) is 15.1. The summed E-state index contributed by atoms with van der Waals surface area (Å²) < 4.78 is 0. The van der Waals surface area contributed by atoms with E-state index in [4.69, 9.17) is 5.84 Å². The third-order valence-corrected chi connectivity index (χ3v) is 2.03. The van der Waals surface area contributed by atoms with E-state index in [0.29, 0.717) is 6.42 Å². The summed E-state index contributed by atoms with van der Waals surface area (Å²) in [5.41, 5.74) is 2.12. The van der Waals surface area contributed by atoms with Gasteiger partial charge in [0.2, 0.25) is 5.91 Å². The Morgan fingerprint density at radius 1 is 1.21 bits per heavy atom. The average molecular weight is 202 g/mol. The van der Waals surface area contributed by atoms with Crippen molar-refractivity contribution >= 4 is 5.91 Å². The first-order valence-electron chi connectivity index (χ1n) is 4.89. The van der Waals surface area contributed by atoms with Gasteiger partial charge in [-0.05, 0) is 40.7 Å².